The molecule has 104 valence electrons. The Morgan fingerprint density at radius 1 is 0.810 bits per heavy atom. The minimum absolute atomic E-state index is 0.311. The Morgan fingerprint density at radius 3 is 2.10 bits per heavy atom. The SMILES string of the molecule is Cc1ccc(-c2ccc(-c3ncc(C)cn3)c(F)n2)cc1. The second-order valence-electron chi connectivity index (χ2n) is 4.98. The molecule has 0 spiro atoms. The van der Waals surface area contributed by atoms with Gasteiger partial charge in [-0.2, -0.15) is 4.39 Å². The van der Waals surface area contributed by atoms with Gasteiger partial charge in [-0.25, -0.2) is 15.0 Å². The molecule has 0 aliphatic carbocycles. The molecule has 3 aromatic rings. The molecule has 2 heterocycles. The van der Waals surface area contributed by atoms with E-state index in [1.807, 2.05) is 38.1 Å². The van der Waals surface area contributed by atoms with Crippen molar-refractivity contribution < 1.29 is 4.39 Å². The molecule has 2 aromatic heterocycles. The quantitative estimate of drug-likeness (QED) is 0.666. The molecule has 0 fully saturated rings. The van der Waals surface area contributed by atoms with Crippen molar-refractivity contribution in [1.29, 1.82) is 0 Å². The van der Waals surface area contributed by atoms with Crippen molar-refractivity contribution in [2.24, 2.45) is 0 Å². The fraction of sp³-hybridized carbons (Fsp3) is 0.118. The van der Waals surface area contributed by atoms with Crippen LogP contribution in [0.4, 0.5) is 4.39 Å². The van der Waals surface area contributed by atoms with Gasteiger partial charge in [0.25, 0.3) is 0 Å². The number of hydrogen-bond donors (Lipinski definition) is 0. The summed E-state index contributed by atoms with van der Waals surface area (Å²) in [7, 11) is 0. The molecule has 3 rings (SSSR count). The Bertz CT molecular complexity index is 765. The molecule has 21 heavy (non-hydrogen) atoms. The zero-order valence-electron chi connectivity index (χ0n) is 11.8. The van der Waals surface area contributed by atoms with Gasteiger partial charge in [-0.1, -0.05) is 29.8 Å². The summed E-state index contributed by atoms with van der Waals surface area (Å²) < 4.78 is 14.2. The highest BCUT2D eigenvalue weighted by Crippen LogP contribution is 2.23. The summed E-state index contributed by atoms with van der Waals surface area (Å²) >= 11 is 0. The first-order chi connectivity index (χ1) is 10.1. The molecular formula is C17H14FN3. The molecule has 3 nitrogen and oxygen atoms in total. The van der Waals surface area contributed by atoms with Crippen LogP contribution < -0.4 is 0 Å². The Kier molecular flexibility index (Phi) is 3.44. The van der Waals surface area contributed by atoms with E-state index in [2.05, 4.69) is 15.0 Å². The van der Waals surface area contributed by atoms with Crippen LogP contribution in [-0.4, -0.2) is 15.0 Å². The molecule has 0 saturated heterocycles. The van der Waals surface area contributed by atoms with Crippen LogP contribution in [0.5, 0.6) is 0 Å². The second kappa shape index (κ2) is 5.40. The molecule has 0 amide bonds. The van der Waals surface area contributed by atoms with Crippen molar-refractivity contribution in [3.05, 3.63) is 65.9 Å². The van der Waals surface area contributed by atoms with Gasteiger partial charge in [-0.3, -0.25) is 0 Å². The number of halogens is 1. The highest BCUT2D eigenvalue weighted by molar-refractivity contribution is 5.63. The van der Waals surface area contributed by atoms with Gasteiger partial charge in [-0.15, -0.1) is 0 Å². The summed E-state index contributed by atoms with van der Waals surface area (Å²) in [4.78, 5) is 12.3. The molecule has 0 N–H and O–H groups in total. The smallest absolute Gasteiger partial charge is 0.224 e. The predicted molar refractivity (Wildman–Crippen MR) is 80.1 cm³/mol. The summed E-state index contributed by atoms with van der Waals surface area (Å²) in [6, 6.07) is 11.3. The number of aryl methyl sites for hydroxylation is 2. The Morgan fingerprint density at radius 2 is 1.48 bits per heavy atom. The third-order valence-electron chi connectivity index (χ3n) is 3.22. The summed E-state index contributed by atoms with van der Waals surface area (Å²) in [5.74, 6) is -0.210. The highest BCUT2D eigenvalue weighted by Gasteiger charge is 2.11. The monoisotopic (exact) mass is 279 g/mol. The lowest BCUT2D eigenvalue weighted by Crippen LogP contribution is -1.96. The van der Waals surface area contributed by atoms with Crippen LogP contribution in [-0.2, 0) is 0 Å². The third kappa shape index (κ3) is 2.79. The average molecular weight is 279 g/mol. The van der Waals surface area contributed by atoms with Crippen molar-refractivity contribution in [3.8, 4) is 22.6 Å². The lowest BCUT2D eigenvalue weighted by atomic mass is 10.1. The standard InChI is InChI=1S/C17H14FN3/c1-11-3-5-13(6-4-11)15-8-7-14(16(18)21-15)17-19-9-12(2)10-20-17/h3-10H,1-2H3. The van der Waals surface area contributed by atoms with Crippen LogP contribution in [0.25, 0.3) is 22.6 Å². The largest absolute Gasteiger partial charge is 0.236 e. The number of aromatic nitrogens is 3. The van der Waals surface area contributed by atoms with Crippen LogP contribution in [0.3, 0.4) is 0 Å². The number of nitrogens with zero attached hydrogens (tertiary/aromatic N) is 3. The lowest BCUT2D eigenvalue weighted by molar-refractivity contribution is 0.588. The van der Waals surface area contributed by atoms with E-state index in [1.165, 1.54) is 0 Å². The van der Waals surface area contributed by atoms with Crippen molar-refractivity contribution in [2.45, 2.75) is 13.8 Å². The molecule has 0 aliphatic rings. The minimum Gasteiger partial charge on any atom is -0.236 e. The normalized spacial score (nSPS) is 10.6. The maximum atomic E-state index is 14.2. The van der Waals surface area contributed by atoms with E-state index in [0.717, 1.165) is 16.7 Å². The number of rotatable bonds is 2. The van der Waals surface area contributed by atoms with Gasteiger partial charge in [0.1, 0.15) is 0 Å². The first-order valence-corrected chi connectivity index (χ1v) is 6.66. The van der Waals surface area contributed by atoms with E-state index in [0.29, 0.717) is 17.1 Å². The average Bonchev–Trinajstić information content (AvgIpc) is 2.49. The third-order valence-corrected chi connectivity index (χ3v) is 3.22. The highest BCUT2D eigenvalue weighted by atomic mass is 19.1. The molecule has 0 atom stereocenters. The molecule has 0 saturated carbocycles. The fourth-order valence-electron chi connectivity index (χ4n) is 2.02. The van der Waals surface area contributed by atoms with E-state index in [-0.39, 0.29) is 0 Å². The molecule has 0 aliphatic heterocycles. The van der Waals surface area contributed by atoms with Crippen LogP contribution in [0.1, 0.15) is 11.1 Å². The summed E-state index contributed by atoms with van der Waals surface area (Å²) in [6.07, 6.45) is 3.32. The first kappa shape index (κ1) is 13.4. The number of benzene rings is 1. The van der Waals surface area contributed by atoms with Gasteiger partial charge in [-0.05, 0) is 31.5 Å². The summed E-state index contributed by atoms with van der Waals surface area (Å²) in [5, 5.41) is 0. The van der Waals surface area contributed by atoms with Crippen molar-refractivity contribution >= 4 is 0 Å². The summed E-state index contributed by atoms with van der Waals surface area (Å²) in [5.41, 5.74) is 3.89. The number of pyridine rings is 1. The van der Waals surface area contributed by atoms with Gasteiger partial charge in [0.15, 0.2) is 5.82 Å². The maximum Gasteiger partial charge on any atom is 0.224 e. The van der Waals surface area contributed by atoms with Gasteiger partial charge in [0, 0.05) is 18.0 Å². The van der Waals surface area contributed by atoms with Gasteiger partial charge in [0.2, 0.25) is 5.95 Å². The predicted octanol–water partition coefficient (Wildman–Crippen LogP) is 3.96. The molecular weight excluding hydrogens is 265 g/mol. The van der Waals surface area contributed by atoms with Crippen LogP contribution >= 0.6 is 0 Å². The molecule has 0 radical (unpaired) electrons. The summed E-state index contributed by atoms with van der Waals surface area (Å²) in [6.45, 7) is 3.90. The molecule has 0 bridgehead atoms. The Hall–Kier alpha value is -2.62. The van der Waals surface area contributed by atoms with Crippen molar-refractivity contribution in [2.75, 3.05) is 0 Å². The maximum absolute atomic E-state index is 14.2. The molecule has 1 aromatic carbocycles. The number of hydrogen-bond acceptors (Lipinski definition) is 3. The van der Waals surface area contributed by atoms with Gasteiger partial charge >= 0.3 is 0 Å². The topological polar surface area (TPSA) is 38.7 Å². The first-order valence-electron chi connectivity index (χ1n) is 6.66. The van der Waals surface area contributed by atoms with E-state index >= 15 is 0 Å². The Balaban J connectivity index is 1.99. The van der Waals surface area contributed by atoms with Crippen molar-refractivity contribution in [1.82, 2.24) is 15.0 Å². The van der Waals surface area contributed by atoms with Crippen LogP contribution in [0, 0.1) is 19.8 Å². The van der Waals surface area contributed by atoms with E-state index < -0.39 is 5.95 Å². The van der Waals surface area contributed by atoms with Crippen molar-refractivity contribution in [3.63, 3.8) is 0 Å². The second-order valence-corrected chi connectivity index (χ2v) is 4.98. The van der Waals surface area contributed by atoms with Crippen LogP contribution in [0.15, 0.2) is 48.8 Å². The van der Waals surface area contributed by atoms with Gasteiger partial charge in [0.05, 0.1) is 11.3 Å². The fourth-order valence-corrected chi connectivity index (χ4v) is 2.02. The van der Waals surface area contributed by atoms with E-state index in [4.69, 9.17) is 0 Å². The minimum atomic E-state index is -0.558. The van der Waals surface area contributed by atoms with E-state index in [1.54, 1.807) is 24.5 Å². The zero-order valence-corrected chi connectivity index (χ0v) is 11.8. The molecule has 4 heteroatoms. The van der Waals surface area contributed by atoms with Crippen LogP contribution in [0.2, 0.25) is 0 Å². The lowest BCUT2D eigenvalue weighted by Gasteiger charge is -2.05. The Labute approximate surface area is 122 Å². The molecule has 0 unspecified atom stereocenters. The van der Waals surface area contributed by atoms with E-state index in [9.17, 15) is 4.39 Å². The zero-order chi connectivity index (χ0) is 14.8. The van der Waals surface area contributed by atoms with Gasteiger partial charge < -0.3 is 0 Å².